The zero-order valence-corrected chi connectivity index (χ0v) is 11.7. The van der Waals surface area contributed by atoms with Crippen LogP contribution in [0.5, 0.6) is 0 Å². The Labute approximate surface area is 113 Å². The molecule has 4 nitrogen and oxygen atoms in total. The maximum Gasteiger partial charge on any atom is 0.179 e. The molecule has 1 aromatic heterocycles. The van der Waals surface area contributed by atoms with Crippen molar-refractivity contribution < 1.29 is 13.9 Å². The van der Waals surface area contributed by atoms with Gasteiger partial charge in [-0.3, -0.25) is 0 Å². The van der Waals surface area contributed by atoms with Crippen molar-refractivity contribution in [2.24, 2.45) is 0 Å². The summed E-state index contributed by atoms with van der Waals surface area (Å²) in [6.45, 7) is 3.00. The first-order chi connectivity index (χ1) is 9.30. The SMILES string of the molecule is CCCNC(c1cc2ccccc2o1)C(OC)OC. The fraction of sp³-hybridized carbons (Fsp3) is 0.467. The first kappa shape index (κ1) is 14.1. The monoisotopic (exact) mass is 263 g/mol. The van der Waals surface area contributed by atoms with E-state index in [0.29, 0.717) is 0 Å². The molecule has 0 aliphatic carbocycles. The van der Waals surface area contributed by atoms with Gasteiger partial charge in [-0.2, -0.15) is 0 Å². The molecule has 19 heavy (non-hydrogen) atoms. The molecule has 0 amide bonds. The van der Waals surface area contributed by atoms with E-state index in [-0.39, 0.29) is 12.3 Å². The van der Waals surface area contributed by atoms with Crippen LogP contribution in [-0.4, -0.2) is 27.1 Å². The summed E-state index contributed by atoms with van der Waals surface area (Å²) in [6, 6.07) is 9.89. The molecule has 0 aliphatic heterocycles. The third-order valence-corrected chi connectivity index (χ3v) is 3.10. The molecule has 0 bridgehead atoms. The van der Waals surface area contributed by atoms with E-state index in [4.69, 9.17) is 13.9 Å². The van der Waals surface area contributed by atoms with E-state index in [9.17, 15) is 0 Å². The first-order valence-electron chi connectivity index (χ1n) is 6.57. The molecule has 0 spiro atoms. The van der Waals surface area contributed by atoms with E-state index in [1.165, 1.54) is 0 Å². The highest BCUT2D eigenvalue weighted by Gasteiger charge is 2.25. The van der Waals surface area contributed by atoms with Crippen LogP contribution in [0.25, 0.3) is 11.0 Å². The summed E-state index contributed by atoms with van der Waals surface area (Å²) in [6.07, 6.45) is 0.670. The highest BCUT2D eigenvalue weighted by molar-refractivity contribution is 5.77. The van der Waals surface area contributed by atoms with Crippen molar-refractivity contribution in [2.75, 3.05) is 20.8 Å². The lowest BCUT2D eigenvalue weighted by molar-refractivity contribution is -0.127. The summed E-state index contributed by atoms with van der Waals surface area (Å²) in [7, 11) is 3.27. The minimum atomic E-state index is -0.368. The van der Waals surface area contributed by atoms with Crippen LogP contribution >= 0.6 is 0 Å². The van der Waals surface area contributed by atoms with Crippen molar-refractivity contribution in [3.8, 4) is 0 Å². The number of furan rings is 1. The summed E-state index contributed by atoms with van der Waals surface area (Å²) in [5.74, 6) is 0.836. The molecule has 0 saturated heterocycles. The smallest absolute Gasteiger partial charge is 0.179 e. The lowest BCUT2D eigenvalue weighted by Crippen LogP contribution is -2.34. The minimum Gasteiger partial charge on any atom is -0.459 e. The Balaban J connectivity index is 2.30. The lowest BCUT2D eigenvalue weighted by atomic mass is 10.2. The Hall–Kier alpha value is -1.36. The number of ether oxygens (including phenoxy) is 2. The largest absolute Gasteiger partial charge is 0.459 e. The van der Waals surface area contributed by atoms with E-state index in [0.717, 1.165) is 29.7 Å². The molecule has 104 valence electrons. The van der Waals surface area contributed by atoms with Gasteiger partial charge in [-0.05, 0) is 25.1 Å². The van der Waals surface area contributed by atoms with E-state index in [1.54, 1.807) is 14.2 Å². The number of methoxy groups -OCH3 is 2. The van der Waals surface area contributed by atoms with Crippen molar-refractivity contribution in [1.82, 2.24) is 5.32 Å². The molecule has 1 heterocycles. The quantitative estimate of drug-likeness (QED) is 0.780. The highest BCUT2D eigenvalue weighted by atomic mass is 16.7. The molecular formula is C15H21NO3. The van der Waals surface area contributed by atoms with Crippen LogP contribution in [0.15, 0.2) is 34.7 Å². The topological polar surface area (TPSA) is 43.6 Å². The maximum absolute atomic E-state index is 5.89. The van der Waals surface area contributed by atoms with Crippen LogP contribution < -0.4 is 5.32 Å². The molecule has 0 saturated carbocycles. The second kappa shape index (κ2) is 6.70. The van der Waals surface area contributed by atoms with Gasteiger partial charge >= 0.3 is 0 Å². The number of fused-ring (bicyclic) bond motifs is 1. The Morgan fingerprint density at radius 3 is 2.58 bits per heavy atom. The second-order valence-corrected chi connectivity index (χ2v) is 4.46. The molecule has 1 unspecified atom stereocenters. The van der Waals surface area contributed by atoms with Gasteiger partial charge < -0.3 is 19.2 Å². The van der Waals surface area contributed by atoms with Gasteiger partial charge in [0.2, 0.25) is 0 Å². The van der Waals surface area contributed by atoms with Gasteiger partial charge in [0.05, 0.1) is 0 Å². The van der Waals surface area contributed by atoms with Crippen molar-refractivity contribution >= 4 is 11.0 Å². The first-order valence-corrected chi connectivity index (χ1v) is 6.57. The fourth-order valence-electron chi connectivity index (χ4n) is 2.15. The van der Waals surface area contributed by atoms with Gasteiger partial charge in [-0.15, -0.1) is 0 Å². The van der Waals surface area contributed by atoms with E-state index in [2.05, 4.69) is 12.2 Å². The lowest BCUT2D eigenvalue weighted by Gasteiger charge is -2.23. The van der Waals surface area contributed by atoms with Gasteiger partial charge in [-0.25, -0.2) is 0 Å². The average Bonchev–Trinajstić information content (AvgIpc) is 2.87. The third-order valence-electron chi connectivity index (χ3n) is 3.10. The molecule has 0 radical (unpaired) electrons. The summed E-state index contributed by atoms with van der Waals surface area (Å²) in [5, 5.41) is 4.49. The average molecular weight is 263 g/mol. The highest BCUT2D eigenvalue weighted by Crippen LogP contribution is 2.27. The number of nitrogens with one attached hydrogen (secondary N) is 1. The Morgan fingerprint density at radius 1 is 1.21 bits per heavy atom. The van der Waals surface area contributed by atoms with Gasteiger partial charge in [0.1, 0.15) is 17.4 Å². The molecule has 0 aliphatic rings. The number of para-hydroxylation sites is 1. The van der Waals surface area contributed by atoms with Crippen molar-refractivity contribution in [2.45, 2.75) is 25.7 Å². The van der Waals surface area contributed by atoms with Gasteiger partial charge in [0, 0.05) is 19.6 Å². The number of benzene rings is 1. The van der Waals surface area contributed by atoms with Crippen molar-refractivity contribution in [1.29, 1.82) is 0 Å². The molecule has 0 fully saturated rings. The third kappa shape index (κ3) is 3.15. The predicted molar refractivity (Wildman–Crippen MR) is 75.1 cm³/mol. The fourth-order valence-corrected chi connectivity index (χ4v) is 2.15. The van der Waals surface area contributed by atoms with Crippen LogP contribution in [0.4, 0.5) is 0 Å². The number of rotatable bonds is 7. The maximum atomic E-state index is 5.89. The molecule has 2 aromatic rings. The van der Waals surface area contributed by atoms with Crippen LogP contribution in [-0.2, 0) is 9.47 Å². The second-order valence-electron chi connectivity index (χ2n) is 4.46. The summed E-state index contributed by atoms with van der Waals surface area (Å²) >= 11 is 0. The Morgan fingerprint density at radius 2 is 1.95 bits per heavy atom. The Kier molecular flexibility index (Phi) is 4.96. The number of hydrogen-bond acceptors (Lipinski definition) is 4. The molecule has 4 heteroatoms. The van der Waals surface area contributed by atoms with Gasteiger partial charge in [-0.1, -0.05) is 25.1 Å². The summed E-state index contributed by atoms with van der Waals surface area (Å²) in [5.41, 5.74) is 0.881. The molecule has 1 N–H and O–H groups in total. The molecule has 1 aromatic carbocycles. The van der Waals surface area contributed by atoms with Gasteiger partial charge in [0.15, 0.2) is 6.29 Å². The van der Waals surface area contributed by atoms with E-state index in [1.807, 2.05) is 30.3 Å². The molecule has 2 rings (SSSR count). The zero-order valence-electron chi connectivity index (χ0n) is 11.7. The van der Waals surface area contributed by atoms with Crippen molar-refractivity contribution in [3.63, 3.8) is 0 Å². The normalized spacial score (nSPS) is 13.3. The predicted octanol–water partition coefficient (Wildman–Crippen LogP) is 3.09. The number of hydrogen-bond donors (Lipinski definition) is 1. The summed E-state index contributed by atoms with van der Waals surface area (Å²) < 4.78 is 16.6. The van der Waals surface area contributed by atoms with Crippen molar-refractivity contribution in [3.05, 3.63) is 36.1 Å². The Bertz CT molecular complexity index is 472. The van der Waals surface area contributed by atoms with Crippen LogP contribution in [0.1, 0.15) is 25.1 Å². The molecular weight excluding hydrogens is 242 g/mol. The molecule has 1 atom stereocenters. The van der Waals surface area contributed by atoms with E-state index >= 15 is 0 Å². The van der Waals surface area contributed by atoms with E-state index < -0.39 is 0 Å². The van der Waals surface area contributed by atoms with Gasteiger partial charge in [0.25, 0.3) is 0 Å². The zero-order chi connectivity index (χ0) is 13.7. The summed E-state index contributed by atoms with van der Waals surface area (Å²) in [4.78, 5) is 0. The minimum absolute atomic E-state index is 0.109. The standard InChI is InChI=1S/C15H21NO3/c1-4-9-16-14(15(17-2)18-3)13-10-11-7-5-6-8-12(11)19-13/h5-8,10,14-16H,4,9H2,1-3H3. The van der Waals surface area contributed by atoms with Crippen LogP contribution in [0, 0.1) is 0 Å². The van der Waals surface area contributed by atoms with Crippen LogP contribution in [0.3, 0.4) is 0 Å². The van der Waals surface area contributed by atoms with Crippen LogP contribution in [0.2, 0.25) is 0 Å².